The number of β-amino-alcohol motifs (C(OH)–C–C–N with tert-alkyl or cyclic N) is 1. The largest absolute Gasteiger partial charge is 0.390 e. The van der Waals surface area contributed by atoms with Crippen molar-refractivity contribution in [3.8, 4) is 0 Å². The Balaban J connectivity index is 0.00000300. The Hall–Kier alpha value is -3.05. The van der Waals surface area contributed by atoms with Gasteiger partial charge in [0.1, 0.15) is 11.6 Å². The summed E-state index contributed by atoms with van der Waals surface area (Å²) >= 11 is 0. The number of aliphatic hydroxyl groups is 1. The van der Waals surface area contributed by atoms with Crippen LogP contribution in [0.5, 0.6) is 0 Å². The molecule has 1 fully saturated rings. The lowest BCUT2D eigenvalue weighted by Crippen LogP contribution is -2.50. The summed E-state index contributed by atoms with van der Waals surface area (Å²) in [4.78, 5) is 4.77. The number of para-hydroxylation sites is 1. The van der Waals surface area contributed by atoms with Crippen molar-refractivity contribution < 1.29 is 22.3 Å². The van der Waals surface area contributed by atoms with Crippen molar-refractivity contribution >= 4 is 40.5 Å². The molecule has 1 atom stereocenters. The average Bonchev–Trinajstić information content (AvgIpc) is 3.04. The molecule has 0 amide bonds. The van der Waals surface area contributed by atoms with Crippen LogP contribution in [0.15, 0.2) is 108 Å². The summed E-state index contributed by atoms with van der Waals surface area (Å²) in [6.45, 7) is 6.36. The minimum Gasteiger partial charge on any atom is -0.390 e. The van der Waals surface area contributed by atoms with Gasteiger partial charge in [0, 0.05) is 38.6 Å². The summed E-state index contributed by atoms with van der Waals surface area (Å²) in [6.07, 6.45) is 0.899. The molecule has 0 saturated carbocycles. The Morgan fingerprint density at radius 3 is 1.79 bits per heavy atom. The predicted octanol–water partition coefficient (Wildman–Crippen LogP) is 6.90. The Labute approximate surface area is 289 Å². The van der Waals surface area contributed by atoms with E-state index in [1.807, 2.05) is 13.0 Å². The molecule has 0 spiro atoms. The highest BCUT2D eigenvalue weighted by Gasteiger charge is 2.28. The second-order valence-corrected chi connectivity index (χ2v) is 13.6. The SMILES string of the molecule is Cc1ccc(S(=O)(=O)N(CC(O)CN2CCN(CCCC(c3ccc(F)cc3)c3ccc(F)cc3)CC2)c2ccccc2)cc1.Cl.Cl. The highest BCUT2D eigenvalue weighted by atomic mass is 35.5. The van der Waals surface area contributed by atoms with Crippen molar-refractivity contribution in [3.05, 3.63) is 131 Å². The second-order valence-electron chi connectivity index (χ2n) is 11.8. The maximum atomic E-state index is 13.6. The van der Waals surface area contributed by atoms with Gasteiger partial charge in [0.2, 0.25) is 0 Å². The van der Waals surface area contributed by atoms with Gasteiger partial charge >= 0.3 is 0 Å². The summed E-state index contributed by atoms with van der Waals surface area (Å²) in [5.41, 5.74) is 3.51. The zero-order chi connectivity index (χ0) is 31.8. The molecule has 1 saturated heterocycles. The van der Waals surface area contributed by atoms with E-state index in [1.165, 1.54) is 28.6 Å². The molecule has 4 aromatic rings. The number of rotatable bonds is 13. The summed E-state index contributed by atoms with van der Waals surface area (Å²) in [5, 5.41) is 11.1. The lowest BCUT2D eigenvalue weighted by Gasteiger charge is -2.36. The summed E-state index contributed by atoms with van der Waals surface area (Å²) in [6, 6.07) is 28.8. The Morgan fingerprint density at radius 2 is 1.26 bits per heavy atom. The first kappa shape index (κ1) is 38.4. The minimum absolute atomic E-state index is 0. The monoisotopic (exact) mass is 705 g/mol. The number of aliphatic hydroxyl groups excluding tert-OH is 1. The van der Waals surface area contributed by atoms with Crippen molar-refractivity contribution in [2.75, 3.05) is 50.1 Å². The van der Waals surface area contributed by atoms with Gasteiger partial charge in [0.25, 0.3) is 10.0 Å². The topological polar surface area (TPSA) is 64.1 Å². The molecule has 1 unspecified atom stereocenters. The third kappa shape index (κ3) is 10.5. The molecule has 0 bridgehead atoms. The van der Waals surface area contributed by atoms with Crippen LogP contribution < -0.4 is 4.31 Å². The number of sulfonamides is 1. The average molecular weight is 707 g/mol. The van der Waals surface area contributed by atoms with Crippen LogP contribution in [0.3, 0.4) is 0 Å². The fourth-order valence-electron chi connectivity index (χ4n) is 5.95. The maximum Gasteiger partial charge on any atom is 0.264 e. The molecule has 0 aromatic heterocycles. The first-order valence-electron chi connectivity index (χ1n) is 15.5. The highest BCUT2D eigenvalue weighted by molar-refractivity contribution is 7.92. The van der Waals surface area contributed by atoms with Crippen LogP contribution >= 0.6 is 24.8 Å². The molecular weight excluding hydrogens is 663 g/mol. The zero-order valence-electron chi connectivity index (χ0n) is 26.4. The molecule has 1 heterocycles. The number of anilines is 1. The van der Waals surface area contributed by atoms with Gasteiger partial charge in [-0.15, -0.1) is 24.8 Å². The number of halogens is 4. The highest BCUT2D eigenvalue weighted by Crippen LogP contribution is 2.30. The first-order chi connectivity index (χ1) is 21.7. The Bertz CT molecular complexity index is 1560. The van der Waals surface area contributed by atoms with Crippen LogP contribution in [0.25, 0.3) is 0 Å². The van der Waals surface area contributed by atoms with Crippen LogP contribution in [0.1, 0.15) is 35.4 Å². The second kappa shape index (κ2) is 17.9. The van der Waals surface area contributed by atoms with Crippen molar-refractivity contribution in [1.82, 2.24) is 9.80 Å². The van der Waals surface area contributed by atoms with E-state index in [-0.39, 0.29) is 53.8 Å². The molecule has 5 rings (SSSR count). The number of hydrogen-bond acceptors (Lipinski definition) is 5. The Morgan fingerprint density at radius 1 is 0.745 bits per heavy atom. The van der Waals surface area contributed by atoms with Gasteiger partial charge < -0.3 is 10.0 Å². The molecule has 0 aliphatic carbocycles. The van der Waals surface area contributed by atoms with Crippen molar-refractivity contribution in [1.29, 1.82) is 0 Å². The minimum atomic E-state index is -3.87. The fourth-order valence-corrected chi connectivity index (χ4v) is 7.45. The molecule has 4 aromatic carbocycles. The van der Waals surface area contributed by atoms with Gasteiger partial charge in [0.05, 0.1) is 23.2 Å². The van der Waals surface area contributed by atoms with E-state index >= 15 is 0 Å². The van der Waals surface area contributed by atoms with E-state index < -0.39 is 16.1 Å². The summed E-state index contributed by atoms with van der Waals surface area (Å²) < 4.78 is 55.7. The third-order valence-electron chi connectivity index (χ3n) is 8.48. The van der Waals surface area contributed by atoms with E-state index in [0.717, 1.165) is 62.3 Å². The van der Waals surface area contributed by atoms with Crippen LogP contribution in [0, 0.1) is 18.6 Å². The van der Waals surface area contributed by atoms with Gasteiger partial charge in [-0.3, -0.25) is 9.21 Å². The summed E-state index contributed by atoms with van der Waals surface area (Å²) in [7, 11) is -3.87. The first-order valence-corrected chi connectivity index (χ1v) is 16.9. The number of nitrogens with zero attached hydrogens (tertiary/aromatic N) is 3. The van der Waals surface area contributed by atoms with Crippen molar-refractivity contribution in [2.24, 2.45) is 0 Å². The van der Waals surface area contributed by atoms with E-state index in [0.29, 0.717) is 12.2 Å². The van der Waals surface area contributed by atoms with Crippen LogP contribution in [0.4, 0.5) is 14.5 Å². The molecule has 254 valence electrons. The van der Waals surface area contributed by atoms with Gasteiger partial charge in [-0.05, 0) is 86.0 Å². The molecular formula is C36H43Cl2F2N3O3S. The third-order valence-corrected chi connectivity index (χ3v) is 10.3. The van der Waals surface area contributed by atoms with Crippen molar-refractivity contribution in [3.63, 3.8) is 0 Å². The zero-order valence-corrected chi connectivity index (χ0v) is 28.9. The van der Waals surface area contributed by atoms with Gasteiger partial charge in [0.15, 0.2) is 0 Å². The Kier molecular flexibility index (Phi) is 14.6. The van der Waals surface area contributed by atoms with Crippen LogP contribution in [-0.4, -0.2) is 75.2 Å². The molecule has 6 nitrogen and oxygen atoms in total. The van der Waals surface area contributed by atoms with Gasteiger partial charge in [-0.2, -0.15) is 0 Å². The molecule has 1 N–H and O–H groups in total. The number of piperazine rings is 1. The summed E-state index contributed by atoms with van der Waals surface area (Å²) in [5.74, 6) is -0.507. The molecule has 47 heavy (non-hydrogen) atoms. The molecule has 0 radical (unpaired) electrons. The van der Waals surface area contributed by atoms with Gasteiger partial charge in [-0.25, -0.2) is 17.2 Å². The number of aryl methyl sites for hydroxylation is 1. The lowest BCUT2D eigenvalue weighted by atomic mass is 9.87. The van der Waals surface area contributed by atoms with E-state index in [9.17, 15) is 22.3 Å². The van der Waals surface area contributed by atoms with Gasteiger partial charge in [-0.1, -0.05) is 60.2 Å². The fraction of sp³-hybridized carbons (Fsp3) is 0.333. The lowest BCUT2D eigenvalue weighted by molar-refractivity contribution is 0.0762. The number of benzene rings is 4. The number of hydrogen-bond donors (Lipinski definition) is 1. The van der Waals surface area contributed by atoms with Crippen molar-refractivity contribution in [2.45, 2.75) is 36.7 Å². The van der Waals surface area contributed by atoms with E-state index in [2.05, 4.69) is 9.80 Å². The van der Waals surface area contributed by atoms with E-state index in [4.69, 9.17) is 0 Å². The van der Waals surface area contributed by atoms with Crippen LogP contribution in [-0.2, 0) is 10.0 Å². The maximum absolute atomic E-state index is 13.6. The standard InChI is InChI=1S/C36H41F2N3O3S.2ClH/c1-28-9-19-35(20-10-28)45(43,44)41(33-6-3-2-4-7-33)27-34(42)26-40-24-22-39(23-25-40)21-5-8-36(29-11-15-31(37)16-12-29)30-13-17-32(38)18-14-30;;/h2-4,6-7,9-20,34,36,42H,5,8,21-27H2,1H3;2*1H. The quantitative estimate of drug-likeness (QED) is 0.164. The molecule has 11 heteroatoms. The van der Waals surface area contributed by atoms with E-state index in [1.54, 1.807) is 72.8 Å². The smallest absolute Gasteiger partial charge is 0.264 e. The normalized spacial score (nSPS) is 14.7. The van der Waals surface area contributed by atoms with Crippen LogP contribution in [0.2, 0.25) is 0 Å². The predicted molar refractivity (Wildman–Crippen MR) is 189 cm³/mol. The molecule has 1 aliphatic heterocycles. The molecule has 1 aliphatic rings.